The lowest BCUT2D eigenvalue weighted by atomic mass is 10.2. The summed E-state index contributed by atoms with van der Waals surface area (Å²) in [5.74, 6) is -0.270. The van der Waals surface area contributed by atoms with Gasteiger partial charge in [-0.05, 0) is 45.8 Å². The van der Waals surface area contributed by atoms with Crippen LogP contribution in [0, 0.1) is 0 Å². The number of nitrogens with zero attached hydrogens (tertiary/aromatic N) is 2. The molecule has 1 amide bonds. The van der Waals surface area contributed by atoms with Crippen molar-refractivity contribution in [3.05, 3.63) is 105 Å². The maximum Gasteiger partial charge on any atom is 0.272 e. The minimum absolute atomic E-state index is 0.270. The number of carbonyl (C=O) groups is 1. The Morgan fingerprint density at radius 2 is 1.76 bits per heavy atom. The molecule has 0 radical (unpaired) electrons. The van der Waals surface area contributed by atoms with Gasteiger partial charge in [-0.15, -0.1) is 0 Å². The second-order valence-corrected chi connectivity index (χ2v) is 7.76. The van der Waals surface area contributed by atoms with Crippen molar-refractivity contribution in [3.63, 3.8) is 0 Å². The number of halogens is 2. The summed E-state index contributed by atoms with van der Waals surface area (Å²) < 4.78 is 2.86. The van der Waals surface area contributed by atoms with Gasteiger partial charge in [0.1, 0.15) is 0 Å². The monoisotopic (exact) mass is 465 g/mol. The topological polar surface area (TPSA) is 46.4 Å². The van der Waals surface area contributed by atoms with Crippen molar-refractivity contribution in [2.75, 3.05) is 0 Å². The normalized spacial score (nSPS) is 11.2. The predicted octanol–water partition coefficient (Wildman–Crippen LogP) is 5.87. The van der Waals surface area contributed by atoms with E-state index in [0.717, 1.165) is 31.5 Å². The maximum absolute atomic E-state index is 12.3. The average Bonchev–Trinajstić information content (AvgIpc) is 3.08. The van der Waals surface area contributed by atoms with E-state index in [1.165, 1.54) is 0 Å². The Morgan fingerprint density at radius 1 is 1.03 bits per heavy atom. The molecule has 4 aromatic rings. The third-order valence-corrected chi connectivity index (χ3v) is 5.67. The molecule has 0 spiro atoms. The molecule has 1 heterocycles. The van der Waals surface area contributed by atoms with E-state index in [1.54, 1.807) is 12.3 Å². The van der Waals surface area contributed by atoms with E-state index in [9.17, 15) is 4.79 Å². The number of amides is 1. The van der Waals surface area contributed by atoms with Gasteiger partial charge >= 0.3 is 0 Å². The van der Waals surface area contributed by atoms with Crippen molar-refractivity contribution in [3.8, 4) is 0 Å². The zero-order chi connectivity index (χ0) is 20.2. The van der Waals surface area contributed by atoms with E-state index in [0.29, 0.717) is 12.1 Å². The molecule has 3 aromatic carbocycles. The summed E-state index contributed by atoms with van der Waals surface area (Å²) in [6, 6.07) is 23.1. The van der Waals surface area contributed by atoms with Crippen LogP contribution in [0.15, 0.2) is 88.6 Å². The van der Waals surface area contributed by atoms with Crippen molar-refractivity contribution in [1.29, 1.82) is 0 Å². The van der Waals surface area contributed by atoms with Gasteiger partial charge in [0, 0.05) is 38.7 Å². The third-order valence-electron chi connectivity index (χ3n) is 4.61. The second-order valence-electron chi connectivity index (χ2n) is 6.50. The highest BCUT2D eigenvalue weighted by molar-refractivity contribution is 9.10. The van der Waals surface area contributed by atoms with Crippen molar-refractivity contribution in [2.24, 2.45) is 5.10 Å². The van der Waals surface area contributed by atoms with Crippen LogP contribution in [-0.2, 0) is 6.54 Å². The smallest absolute Gasteiger partial charge is 0.272 e. The van der Waals surface area contributed by atoms with Crippen LogP contribution in [-0.4, -0.2) is 16.7 Å². The Bertz CT molecular complexity index is 1220. The highest BCUT2D eigenvalue weighted by Gasteiger charge is 2.10. The van der Waals surface area contributed by atoms with E-state index in [4.69, 9.17) is 11.6 Å². The van der Waals surface area contributed by atoms with Gasteiger partial charge < -0.3 is 4.57 Å². The minimum Gasteiger partial charge on any atom is -0.342 e. The predicted molar refractivity (Wildman–Crippen MR) is 122 cm³/mol. The molecule has 0 saturated heterocycles. The molecular formula is C23H17BrClN3O. The van der Waals surface area contributed by atoms with Gasteiger partial charge in [-0.2, -0.15) is 5.10 Å². The zero-order valence-electron chi connectivity index (χ0n) is 15.3. The Balaban J connectivity index is 1.59. The van der Waals surface area contributed by atoms with Crippen molar-refractivity contribution >= 4 is 50.6 Å². The van der Waals surface area contributed by atoms with E-state index < -0.39 is 0 Å². The number of para-hydroxylation sites is 1. The van der Waals surface area contributed by atoms with Crippen molar-refractivity contribution in [2.45, 2.75) is 6.54 Å². The zero-order valence-corrected chi connectivity index (χ0v) is 17.7. The molecule has 0 atom stereocenters. The van der Waals surface area contributed by atoms with Gasteiger partial charge in [0.25, 0.3) is 5.91 Å². The summed E-state index contributed by atoms with van der Waals surface area (Å²) in [5.41, 5.74) is 6.16. The Labute approximate surface area is 181 Å². The van der Waals surface area contributed by atoms with Crippen molar-refractivity contribution in [1.82, 2.24) is 9.99 Å². The van der Waals surface area contributed by atoms with Gasteiger partial charge in [-0.3, -0.25) is 4.79 Å². The summed E-state index contributed by atoms with van der Waals surface area (Å²) in [7, 11) is 0. The molecule has 0 bridgehead atoms. The number of benzene rings is 3. The second kappa shape index (κ2) is 8.64. The van der Waals surface area contributed by atoms with Crippen LogP contribution in [0.5, 0.6) is 0 Å². The molecule has 29 heavy (non-hydrogen) atoms. The molecule has 0 aliphatic carbocycles. The van der Waals surface area contributed by atoms with Crippen LogP contribution < -0.4 is 5.43 Å². The SMILES string of the molecule is O=C(N/N=C/c1cn(Cc2ccccc2Cl)c2ccccc12)c1ccccc1Br. The summed E-state index contributed by atoms with van der Waals surface area (Å²) in [6.07, 6.45) is 3.68. The van der Waals surface area contributed by atoms with Crippen LogP contribution in [0.1, 0.15) is 21.5 Å². The Kier molecular flexibility index (Phi) is 5.79. The highest BCUT2D eigenvalue weighted by Crippen LogP contribution is 2.23. The first-order valence-corrected chi connectivity index (χ1v) is 10.2. The summed E-state index contributed by atoms with van der Waals surface area (Å²) in [4.78, 5) is 12.3. The molecule has 4 rings (SSSR count). The fourth-order valence-corrected chi connectivity index (χ4v) is 3.85. The van der Waals surface area contributed by atoms with Crippen molar-refractivity contribution < 1.29 is 4.79 Å². The maximum atomic E-state index is 12.3. The van der Waals surface area contributed by atoms with Gasteiger partial charge in [0.15, 0.2) is 0 Å². The fourth-order valence-electron chi connectivity index (χ4n) is 3.19. The van der Waals surface area contributed by atoms with Crippen LogP contribution >= 0.6 is 27.5 Å². The standard InChI is InChI=1S/C23H17BrClN3O/c24-20-10-4-2-9-19(20)23(29)27-26-13-17-15-28(22-12-6-3-8-18(17)22)14-16-7-1-5-11-21(16)25/h1-13,15H,14H2,(H,27,29)/b26-13+. The molecular weight excluding hydrogens is 450 g/mol. The first-order chi connectivity index (χ1) is 14.1. The van der Waals surface area contributed by atoms with E-state index in [1.807, 2.05) is 66.9 Å². The van der Waals surface area contributed by atoms with Gasteiger partial charge in [0.2, 0.25) is 0 Å². The van der Waals surface area contributed by atoms with Gasteiger partial charge in [0.05, 0.1) is 11.8 Å². The number of hydrazone groups is 1. The van der Waals surface area contributed by atoms with Crippen LogP contribution in [0.4, 0.5) is 0 Å². The highest BCUT2D eigenvalue weighted by atomic mass is 79.9. The van der Waals surface area contributed by atoms with Crippen LogP contribution in [0.2, 0.25) is 5.02 Å². The number of rotatable bonds is 5. The number of hydrogen-bond acceptors (Lipinski definition) is 2. The lowest BCUT2D eigenvalue weighted by Gasteiger charge is -2.07. The lowest BCUT2D eigenvalue weighted by Crippen LogP contribution is -2.18. The number of hydrogen-bond donors (Lipinski definition) is 1. The number of fused-ring (bicyclic) bond motifs is 1. The van der Waals surface area contributed by atoms with Gasteiger partial charge in [-0.25, -0.2) is 5.43 Å². The van der Waals surface area contributed by atoms with Crippen LogP contribution in [0.25, 0.3) is 10.9 Å². The minimum atomic E-state index is -0.270. The Morgan fingerprint density at radius 3 is 2.59 bits per heavy atom. The number of carbonyl (C=O) groups excluding carboxylic acids is 1. The molecule has 1 aromatic heterocycles. The lowest BCUT2D eigenvalue weighted by molar-refractivity contribution is 0.0954. The van der Waals surface area contributed by atoms with Gasteiger partial charge in [-0.1, -0.05) is 60.1 Å². The Hall–Kier alpha value is -2.89. The summed E-state index contributed by atoms with van der Waals surface area (Å²) >= 11 is 9.71. The largest absolute Gasteiger partial charge is 0.342 e. The molecule has 4 nitrogen and oxygen atoms in total. The average molecular weight is 467 g/mol. The summed E-state index contributed by atoms with van der Waals surface area (Å²) in [5, 5.41) is 5.95. The number of nitrogens with one attached hydrogen (secondary N) is 1. The first kappa shape index (κ1) is 19.4. The summed E-state index contributed by atoms with van der Waals surface area (Å²) in [6.45, 7) is 0.650. The quantitative estimate of drug-likeness (QED) is 0.290. The molecule has 144 valence electrons. The van der Waals surface area contributed by atoms with E-state index in [-0.39, 0.29) is 5.91 Å². The molecule has 0 saturated carbocycles. The third kappa shape index (κ3) is 4.26. The fraction of sp³-hybridized carbons (Fsp3) is 0.0435. The van der Waals surface area contributed by atoms with E-state index >= 15 is 0 Å². The number of aromatic nitrogens is 1. The van der Waals surface area contributed by atoms with Crippen LogP contribution in [0.3, 0.4) is 0 Å². The first-order valence-electron chi connectivity index (χ1n) is 9.02. The molecule has 1 N–H and O–H groups in total. The molecule has 0 unspecified atom stereocenters. The molecule has 0 aliphatic heterocycles. The molecule has 0 fully saturated rings. The molecule has 0 aliphatic rings. The van der Waals surface area contributed by atoms with E-state index in [2.05, 4.69) is 37.1 Å². The molecule has 6 heteroatoms.